The third kappa shape index (κ3) is 7.32. The molecule has 0 spiro atoms. The highest BCUT2D eigenvalue weighted by Crippen LogP contribution is 2.01. The molecule has 24 heavy (non-hydrogen) atoms. The fourth-order valence-electron chi connectivity index (χ4n) is 3.02. The SMILES string of the molecule is CN=C(NCCCN1CCCN(C)CC1)NCCc1ccccc1. The van der Waals surface area contributed by atoms with Crippen molar-refractivity contribution in [3.8, 4) is 0 Å². The Morgan fingerprint density at radius 3 is 2.62 bits per heavy atom. The molecule has 0 radical (unpaired) electrons. The molecule has 2 rings (SSSR count). The lowest BCUT2D eigenvalue weighted by Crippen LogP contribution is -2.39. The first-order valence-corrected chi connectivity index (χ1v) is 9.17. The number of nitrogens with zero attached hydrogens (tertiary/aromatic N) is 3. The number of benzene rings is 1. The van der Waals surface area contributed by atoms with Crippen LogP contribution in [0.15, 0.2) is 35.3 Å². The van der Waals surface area contributed by atoms with Crippen LogP contribution >= 0.6 is 0 Å². The lowest BCUT2D eigenvalue weighted by atomic mass is 10.1. The second-order valence-corrected chi connectivity index (χ2v) is 6.51. The van der Waals surface area contributed by atoms with Gasteiger partial charge in [0.1, 0.15) is 0 Å². The Labute approximate surface area is 147 Å². The van der Waals surface area contributed by atoms with Gasteiger partial charge in [0.05, 0.1) is 0 Å². The summed E-state index contributed by atoms with van der Waals surface area (Å²) in [7, 11) is 4.05. The zero-order valence-corrected chi connectivity index (χ0v) is 15.3. The van der Waals surface area contributed by atoms with Crippen molar-refractivity contribution in [1.29, 1.82) is 0 Å². The summed E-state index contributed by atoms with van der Waals surface area (Å²) in [6.07, 6.45) is 3.46. The zero-order chi connectivity index (χ0) is 17.0. The van der Waals surface area contributed by atoms with Gasteiger partial charge in [0, 0.05) is 33.2 Å². The van der Waals surface area contributed by atoms with Crippen molar-refractivity contribution in [3.63, 3.8) is 0 Å². The first-order valence-electron chi connectivity index (χ1n) is 9.17. The van der Waals surface area contributed by atoms with Gasteiger partial charge in [0.2, 0.25) is 0 Å². The van der Waals surface area contributed by atoms with Crippen LogP contribution in [0.2, 0.25) is 0 Å². The van der Waals surface area contributed by atoms with Crippen LogP contribution in [-0.4, -0.2) is 75.7 Å². The Morgan fingerprint density at radius 2 is 1.83 bits per heavy atom. The molecular formula is C19H33N5. The molecule has 0 unspecified atom stereocenters. The summed E-state index contributed by atoms with van der Waals surface area (Å²) in [6, 6.07) is 10.6. The van der Waals surface area contributed by atoms with Crippen molar-refractivity contribution in [2.75, 3.05) is 59.9 Å². The molecule has 2 N–H and O–H groups in total. The largest absolute Gasteiger partial charge is 0.356 e. The lowest BCUT2D eigenvalue weighted by molar-refractivity contribution is 0.274. The van der Waals surface area contributed by atoms with E-state index in [0.29, 0.717) is 0 Å². The van der Waals surface area contributed by atoms with E-state index in [9.17, 15) is 0 Å². The van der Waals surface area contributed by atoms with Crippen LogP contribution in [0.4, 0.5) is 0 Å². The Morgan fingerprint density at radius 1 is 1.04 bits per heavy atom. The first-order chi connectivity index (χ1) is 11.8. The molecule has 0 amide bonds. The molecule has 5 nitrogen and oxygen atoms in total. The van der Waals surface area contributed by atoms with Crippen molar-refractivity contribution in [2.45, 2.75) is 19.3 Å². The number of guanidine groups is 1. The van der Waals surface area contributed by atoms with E-state index in [-0.39, 0.29) is 0 Å². The van der Waals surface area contributed by atoms with Crippen LogP contribution in [0.25, 0.3) is 0 Å². The van der Waals surface area contributed by atoms with Gasteiger partial charge >= 0.3 is 0 Å². The molecule has 5 heteroatoms. The normalized spacial score (nSPS) is 17.5. The van der Waals surface area contributed by atoms with Crippen LogP contribution in [-0.2, 0) is 6.42 Å². The van der Waals surface area contributed by atoms with E-state index in [2.05, 4.69) is 62.8 Å². The van der Waals surface area contributed by atoms with Gasteiger partial charge in [-0.25, -0.2) is 0 Å². The van der Waals surface area contributed by atoms with Gasteiger partial charge in [-0.1, -0.05) is 30.3 Å². The van der Waals surface area contributed by atoms with E-state index in [1.54, 1.807) is 0 Å². The van der Waals surface area contributed by atoms with E-state index in [4.69, 9.17) is 0 Å². The van der Waals surface area contributed by atoms with Crippen LogP contribution in [0.5, 0.6) is 0 Å². The third-order valence-electron chi connectivity index (χ3n) is 4.53. The molecule has 1 heterocycles. The maximum absolute atomic E-state index is 4.30. The molecule has 1 aliphatic heterocycles. The number of aliphatic imine (C=N–C) groups is 1. The maximum Gasteiger partial charge on any atom is 0.190 e. The average molecular weight is 332 g/mol. The van der Waals surface area contributed by atoms with Crippen LogP contribution in [0, 0.1) is 0 Å². The molecule has 0 aliphatic carbocycles. The number of nitrogens with one attached hydrogen (secondary N) is 2. The second kappa shape index (κ2) is 11.0. The second-order valence-electron chi connectivity index (χ2n) is 6.51. The van der Waals surface area contributed by atoms with E-state index in [1.807, 2.05) is 7.05 Å². The molecular weight excluding hydrogens is 298 g/mol. The Kier molecular flexibility index (Phi) is 8.63. The predicted octanol–water partition coefficient (Wildman–Crippen LogP) is 1.42. The predicted molar refractivity (Wildman–Crippen MR) is 103 cm³/mol. The van der Waals surface area contributed by atoms with E-state index >= 15 is 0 Å². The van der Waals surface area contributed by atoms with Gasteiger partial charge in [0.15, 0.2) is 5.96 Å². The van der Waals surface area contributed by atoms with Gasteiger partial charge in [-0.2, -0.15) is 0 Å². The molecule has 1 aromatic carbocycles. The Hall–Kier alpha value is -1.59. The molecule has 1 saturated heterocycles. The smallest absolute Gasteiger partial charge is 0.190 e. The van der Waals surface area contributed by atoms with E-state index < -0.39 is 0 Å². The topological polar surface area (TPSA) is 42.9 Å². The molecule has 0 atom stereocenters. The molecule has 1 fully saturated rings. The summed E-state index contributed by atoms with van der Waals surface area (Å²) >= 11 is 0. The summed E-state index contributed by atoms with van der Waals surface area (Å²) in [6.45, 7) is 7.89. The average Bonchev–Trinajstić information content (AvgIpc) is 2.82. The van der Waals surface area contributed by atoms with Crippen molar-refractivity contribution >= 4 is 5.96 Å². The van der Waals surface area contributed by atoms with Crippen molar-refractivity contribution < 1.29 is 0 Å². The highest BCUT2D eigenvalue weighted by Gasteiger charge is 2.11. The summed E-state index contributed by atoms with van der Waals surface area (Å²) in [5.74, 6) is 0.904. The van der Waals surface area contributed by atoms with Gasteiger partial charge in [-0.15, -0.1) is 0 Å². The number of hydrogen-bond donors (Lipinski definition) is 2. The van der Waals surface area contributed by atoms with Gasteiger partial charge < -0.3 is 20.4 Å². The zero-order valence-electron chi connectivity index (χ0n) is 15.3. The van der Waals surface area contributed by atoms with Crippen LogP contribution < -0.4 is 10.6 Å². The highest BCUT2D eigenvalue weighted by atomic mass is 15.2. The quantitative estimate of drug-likeness (QED) is 0.451. The third-order valence-corrected chi connectivity index (χ3v) is 4.53. The minimum absolute atomic E-state index is 0.904. The minimum atomic E-state index is 0.904. The first kappa shape index (κ1) is 18.7. The molecule has 1 aliphatic rings. The van der Waals surface area contributed by atoms with E-state index in [1.165, 1.54) is 44.7 Å². The molecule has 134 valence electrons. The number of rotatable bonds is 7. The Balaban J connectivity index is 1.56. The molecule has 0 bridgehead atoms. The lowest BCUT2D eigenvalue weighted by Gasteiger charge is -2.20. The summed E-state index contributed by atoms with van der Waals surface area (Å²) in [4.78, 5) is 9.31. The van der Waals surface area contributed by atoms with E-state index in [0.717, 1.165) is 31.9 Å². The van der Waals surface area contributed by atoms with Crippen LogP contribution in [0.3, 0.4) is 0 Å². The number of hydrogen-bond acceptors (Lipinski definition) is 3. The van der Waals surface area contributed by atoms with Crippen LogP contribution in [0.1, 0.15) is 18.4 Å². The van der Waals surface area contributed by atoms with Crippen molar-refractivity contribution in [2.24, 2.45) is 4.99 Å². The minimum Gasteiger partial charge on any atom is -0.356 e. The highest BCUT2D eigenvalue weighted by molar-refractivity contribution is 5.79. The Bertz CT molecular complexity index is 474. The van der Waals surface area contributed by atoms with Crippen molar-refractivity contribution in [3.05, 3.63) is 35.9 Å². The van der Waals surface area contributed by atoms with Gasteiger partial charge in [0.25, 0.3) is 0 Å². The number of likely N-dealkylation sites (N-methyl/N-ethyl adjacent to an activating group) is 1. The fourth-order valence-corrected chi connectivity index (χ4v) is 3.02. The molecule has 0 aromatic heterocycles. The van der Waals surface area contributed by atoms with Gasteiger partial charge in [-0.3, -0.25) is 4.99 Å². The molecule has 1 aromatic rings. The monoisotopic (exact) mass is 331 g/mol. The molecule has 0 saturated carbocycles. The summed E-state index contributed by atoms with van der Waals surface area (Å²) in [5.41, 5.74) is 1.35. The standard InChI is InChI=1S/C19H33N5/c1-20-19(22-12-10-18-8-4-3-5-9-18)21-11-6-14-24-15-7-13-23(2)16-17-24/h3-5,8-9H,6-7,10-17H2,1-2H3,(H2,20,21,22). The fraction of sp³-hybridized carbons (Fsp3) is 0.632. The maximum atomic E-state index is 4.30. The van der Waals surface area contributed by atoms with Gasteiger partial charge in [-0.05, 0) is 51.5 Å². The van der Waals surface area contributed by atoms with Crippen molar-refractivity contribution in [1.82, 2.24) is 20.4 Å². The summed E-state index contributed by atoms with van der Waals surface area (Å²) < 4.78 is 0. The summed E-state index contributed by atoms with van der Waals surface area (Å²) in [5, 5.41) is 6.81.